The monoisotopic (exact) mass is 419 g/mol. The van der Waals surface area contributed by atoms with E-state index < -0.39 is 0 Å². The maximum absolute atomic E-state index is 13.3. The molecular formula is C26H33N3O2. The Morgan fingerprint density at radius 2 is 1.71 bits per heavy atom. The number of aryl methyl sites for hydroxylation is 1. The number of carbonyl (C=O) groups is 2. The highest BCUT2D eigenvalue weighted by molar-refractivity contribution is 5.99. The van der Waals surface area contributed by atoms with Crippen LogP contribution in [0.25, 0.3) is 0 Å². The van der Waals surface area contributed by atoms with Gasteiger partial charge in [0.05, 0.1) is 6.04 Å². The Bertz CT molecular complexity index is 906. The number of fused-ring (bicyclic) bond motifs is 1. The van der Waals surface area contributed by atoms with Gasteiger partial charge in [0, 0.05) is 37.3 Å². The fraction of sp³-hybridized carbons (Fsp3) is 0.462. The van der Waals surface area contributed by atoms with Crippen LogP contribution in [0.3, 0.4) is 0 Å². The third-order valence-electron chi connectivity index (χ3n) is 6.73. The quantitative estimate of drug-likeness (QED) is 0.779. The number of piperidine rings is 1. The molecule has 2 aliphatic heterocycles. The van der Waals surface area contributed by atoms with Gasteiger partial charge in [-0.1, -0.05) is 48.5 Å². The van der Waals surface area contributed by atoms with Gasteiger partial charge in [0.2, 0.25) is 11.8 Å². The van der Waals surface area contributed by atoms with Gasteiger partial charge < -0.3 is 10.2 Å². The molecule has 2 amide bonds. The molecule has 0 radical (unpaired) electrons. The number of carbonyl (C=O) groups excluding carboxylic acids is 2. The second kappa shape index (κ2) is 9.65. The van der Waals surface area contributed by atoms with Gasteiger partial charge in [-0.3, -0.25) is 14.5 Å². The van der Waals surface area contributed by atoms with Gasteiger partial charge >= 0.3 is 0 Å². The van der Waals surface area contributed by atoms with E-state index in [0.29, 0.717) is 6.42 Å². The van der Waals surface area contributed by atoms with Crippen LogP contribution in [-0.2, 0) is 22.4 Å². The molecule has 0 aromatic heterocycles. The van der Waals surface area contributed by atoms with Crippen molar-refractivity contribution in [2.75, 3.05) is 18.0 Å². The number of rotatable bonds is 6. The predicted octanol–water partition coefficient (Wildman–Crippen LogP) is 3.57. The zero-order chi connectivity index (χ0) is 21.8. The van der Waals surface area contributed by atoms with E-state index in [1.807, 2.05) is 42.2 Å². The minimum Gasteiger partial charge on any atom is -0.353 e. The van der Waals surface area contributed by atoms with Crippen LogP contribution >= 0.6 is 0 Å². The molecule has 5 heteroatoms. The van der Waals surface area contributed by atoms with Crippen molar-refractivity contribution in [3.8, 4) is 0 Å². The topological polar surface area (TPSA) is 52.7 Å². The first-order chi connectivity index (χ1) is 15.0. The number of para-hydroxylation sites is 1. The normalized spacial score (nSPS) is 20.3. The van der Waals surface area contributed by atoms with Gasteiger partial charge in [-0.15, -0.1) is 0 Å². The number of nitrogens with one attached hydrogen (secondary N) is 1. The summed E-state index contributed by atoms with van der Waals surface area (Å²) in [6.45, 7) is 5.82. The van der Waals surface area contributed by atoms with Crippen molar-refractivity contribution in [2.24, 2.45) is 0 Å². The number of hydrogen-bond donors (Lipinski definition) is 1. The highest BCUT2D eigenvalue weighted by atomic mass is 16.2. The summed E-state index contributed by atoms with van der Waals surface area (Å²) in [5.74, 6) is 0.303. The molecule has 0 saturated carbocycles. The fourth-order valence-electron chi connectivity index (χ4n) is 4.89. The first-order valence-electron chi connectivity index (χ1n) is 11.5. The highest BCUT2D eigenvalue weighted by Gasteiger charge is 2.36. The highest BCUT2D eigenvalue weighted by Crippen LogP contribution is 2.33. The number of likely N-dealkylation sites (tertiary alicyclic amines) is 1. The SMILES string of the molecule is CC(C(=O)N1c2ccccc2CC1C)N1CCC(NC(=O)CCc2ccccc2)CC1. The molecule has 2 unspecified atom stereocenters. The van der Waals surface area contributed by atoms with Crippen molar-refractivity contribution in [2.45, 2.75) is 64.1 Å². The van der Waals surface area contributed by atoms with Gasteiger partial charge in [-0.25, -0.2) is 0 Å². The minimum atomic E-state index is -0.150. The van der Waals surface area contributed by atoms with Crippen LogP contribution < -0.4 is 10.2 Å². The lowest BCUT2D eigenvalue weighted by atomic mass is 10.0. The Morgan fingerprint density at radius 1 is 1.03 bits per heavy atom. The molecule has 2 aromatic carbocycles. The summed E-state index contributed by atoms with van der Waals surface area (Å²) in [7, 11) is 0. The molecule has 164 valence electrons. The first-order valence-corrected chi connectivity index (χ1v) is 11.5. The van der Waals surface area contributed by atoms with E-state index in [-0.39, 0.29) is 29.9 Å². The van der Waals surface area contributed by atoms with Gasteiger partial charge in [-0.05, 0) is 56.7 Å². The van der Waals surface area contributed by atoms with Crippen LogP contribution in [-0.4, -0.2) is 47.9 Å². The number of anilines is 1. The van der Waals surface area contributed by atoms with E-state index in [9.17, 15) is 9.59 Å². The van der Waals surface area contributed by atoms with Crippen LogP contribution in [0, 0.1) is 0 Å². The number of amides is 2. The van der Waals surface area contributed by atoms with Crippen molar-refractivity contribution in [3.05, 3.63) is 65.7 Å². The summed E-state index contributed by atoms with van der Waals surface area (Å²) in [5, 5.41) is 3.19. The van der Waals surface area contributed by atoms with E-state index >= 15 is 0 Å². The predicted molar refractivity (Wildman–Crippen MR) is 124 cm³/mol. The van der Waals surface area contributed by atoms with Crippen LogP contribution in [0.15, 0.2) is 54.6 Å². The average Bonchev–Trinajstić information content (AvgIpc) is 3.13. The van der Waals surface area contributed by atoms with Gasteiger partial charge in [0.25, 0.3) is 0 Å². The summed E-state index contributed by atoms with van der Waals surface area (Å²) in [5.41, 5.74) is 3.51. The second-order valence-electron chi connectivity index (χ2n) is 8.93. The molecule has 2 heterocycles. The molecule has 2 aromatic rings. The Hall–Kier alpha value is -2.66. The van der Waals surface area contributed by atoms with Crippen LogP contribution in [0.1, 0.15) is 44.2 Å². The van der Waals surface area contributed by atoms with E-state index in [0.717, 1.165) is 44.5 Å². The molecule has 4 rings (SSSR count). The Morgan fingerprint density at radius 3 is 2.45 bits per heavy atom. The van der Waals surface area contributed by atoms with Crippen molar-refractivity contribution < 1.29 is 9.59 Å². The summed E-state index contributed by atoms with van der Waals surface area (Å²) in [6.07, 6.45) is 3.99. The second-order valence-corrected chi connectivity index (χ2v) is 8.93. The van der Waals surface area contributed by atoms with Crippen LogP contribution in [0.5, 0.6) is 0 Å². The summed E-state index contributed by atoms with van der Waals surface area (Å²) in [4.78, 5) is 29.9. The number of nitrogens with zero attached hydrogens (tertiary/aromatic N) is 2. The lowest BCUT2D eigenvalue weighted by Gasteiger charge is -2.37. The number of hydrogen-bond acceptors (Lipinski definition) is 3. The summed E-state index contributed by atoms with van der Waals surface area (Å²) in [6, 6.07) is 18.6. The Balaban J connectivity index is 1.26. The zero-order valence-electron chi connectivity index (χ0n) is 18.6. The maximum Gasteiger partial charge on any atom is 0.244 e. The van der Waals surface area contributed by atoms with Crippen LogP contribution in [0.2, 0.25) is 0 Å². The fourth-order valence-corrected chi connectivity index (χ4v) is 4.89. The number of benzene rings is 2. The van der Waals surface area contributed by atoms with E-state index in [2.05, 4.69) is 41.4 Å². The summed E-state index contributed by atoms with van der Waals surface area (Å²) >= 11 is 0. The molecule has 1 N–H and O–H groups in total. The van der Waals surface area contributed by atoms with Gasteiger partial charge in [0.1, 0.15) is 0 Å². The van der Waals surface area contributed by atoms with Gasteiger partial charge in [0.15, 0.2) is 0 Å². The maximum atomic E-state index is 13.3. The minimum absolute atomic E-state index is 0.119. The molecule has 2 aliphatic rings. The Labute approximate surface area is 185 Å². The molecule has 2 atom stereocenters. The zero-order valence-corrected chi connectivity index (χ0v) is 18.6. The third-order valence-corrected chi connectivity index (χ3v) is 6.73. The Kier molecular flexibility index (Phi) is 6.71. The largest absolute Gasteiger partial charge is 0.353 e. The molecule has 0 aliphatic carbocycles. The first kappa shape index (κ1) is 21.6. The van der Waals surface area contributed by atoms with E-state index in [4.69, 9.17) is 0 Å². The molecule has 5 nitrogen and oxygen atoms in total. The van der Waals surface area contributed by atoms with Gasteiger partial charge in [-0.2, -0.15) is 0 Å². The summed E-state index contributed by atoms with van der Waals surface area (Å²) < 4.78 is 0. The van der Waals surface area contributed by atoms with E-state index in [1.54, 1.807) is 0 Å². The smallest absolute Gasteiger partial charge is 0.244 e. The van der Waals surface area contributed by atoms with Crippen molar-refractivity contribution in [1.29, 1.82) is 0 Å². The van der Waals surface area contributed by atoms with Crippen molar-refractivity contribution >= 4 is 17.5 Å². The average molecular weight is 420 g/mol. The van der Waals surface area contributed by atoms with Crippen LogP contribution in [0.4, 0.5) is 5.69 Å². The van der Waals surface area contributed by atoms with Crippen molar-refractivity contribution in [3.63, 3.8) is 0 Å². The van der Waals surface area contributed by atoms with Crippen molar-refractivity contribution in [1.82, 2.24) is 10.2 Å². The molecule has 1 saturated heterocycles. The molecule has 1 fully saturated rings. The van der Waals surface area contributed by atoms with E-state index in [1.165, 1.54) is 11.1 Å². The molecular weight excluding hydrogens is 386 g/mol. The standard InChI is InChI=1S/C26H33N3O2/c1-19-18-22-10-6-7-11-24(22)29(19)26(31)20(2)28-16-14-23(15-17-28)27-25(30)13-12-21-8-4-3-5-9-21/h3-11,19-20,23H,12-18H2,1-2H3,(H,27,30). The molecule has 0 spiro atoms. The lowest BCUT2D eigenvalue weighted by molar-refractivity contribution is -0.125. The third kappa shape index (κ3) is 4.99. The molecule has 31 heavy (non-hydrogen) atoms. The lowest BCUT2D eigenvalue weighted by Crippen LogP contribution is -2.53. The molecule has 0 bridgehead atoms.